The molecule has 19 heavy (non-hydrogen) atoms. The Morgan fingerprint density at radius 1 is 1.00 bits per heavy atom. The average Bonchev–Trinajstić information content (AvgIpc) is 2.26. The standard InChI is InChI=1S/C16H21N3/c1-10-8-12(16(3,4)5)6-7-13(10)14-9-15(17)19-11(2)18-14/h6-9H,1-5H3,(H2,17,18,19). The van der Waals surface area contributed by atoms with E-state index in [9.17, 15) is 0 Å². The molecule has 3 heteroatoms. The summed E-state index contributed by atoms with van der Waals surface area (Å²) in [5, 5.41) is 0. The van der Waals surface area contributed by atoms with Crippen molar-refractivity contribution in [1.82, 2.24) is 9.97 Å². The minimum atomic E-state index is 0.157. The zero-order valence-corrected chi connectivity index (χ0v) is 12.3. The van der Waals surface area contributed by atoms with Crippen molar-refractivity contribution in [2.75, 3.05) is 5.73 Å². The van der Waals surface area contributed by atoms with Crippen LogP contribution in [0.25, 0.3) is 11.3 Å². The number of nitrogen functional groups attached to an aromatic ring is 1. The molecule has 100 valence electrons. The molecule has 0 saturated heterocycles. The smallest absolute Gasteiger partial charge is 0.128 e. The van der Waals surface area contributed by atoms with Crippen LogP contribution in [0.15, 0.2) is 24.3 Å². The predicted octanol–water partition coefficient (Wildman–Crippen LogP) is 3.64. The zero-order chi connectivity index (χ0) is 14.2. The highest BCUT2D eigenvalue weighted by atomic mass is 14.9. The normalized spacial score (nSPS) is 11.6. The number of rotatable bonds is 1. The number of benzene rings is 1. The van der Waals surface area contributed by atoms with Gasteiger partial charge >= 0.3 is 0 Å². The second-order valence-corrected chi connectivity index (χ2v) is 6.00. The molecule has 0 unspecified atom stereocenters. The number of aryl methyl sites for hydroxylation is 2. The van der Waals surface area contributed by atoms with Gasteiger partial charge in [0.1, 0.15) is 11.6 Å². The molecule has 2 rings (SSSR count). The van der Waals surface area contributed by atoms with Crippen molar-refractivity contribution in [3.8, 4) is 11.3 Å². The zero-order valence-electron chi connectivity index (χ0n) is 12.3. The van der Waals surface area contributed by atoms with Gasteiger partial charge in [-0.3, -0.25) is 0 Å². The Kier molecular flexibility index (Phi) is 3.31. The lowest BCUT2D eigenvalue weighted by Gasteiger charge is -2.20. The molecule has 0 aliphatic heterocycles. The summed E-state index contributed by atoms with van der Waals surface area (Å²) in [6, 6.07) is 8.34. The van der Waals surface area contributed by atoms with Crippen LogP contribution >= 0.6 is 0 Å². The monoisotopic (exact) mass is 255 g/mol. The van der Waals surface area contributed by atoms with Crippen LogP contribution in [0.5, 0.6) is 0 Å². The van der Waals surface area contributed by atoms with E-state index in [0.717, 1.165) is 11.3 Å². The summed E-state index contributed by atoms with van der Waals surface area (Å²) in [5.41, 5.74) is 10.5. The highest BCUT2D eigenvalue weighted by Crippen LogP contribution is 2.29. The summed E-state index contributed by atoms with van der Waals surface area (Å²) in [6.45, 7) is 10.6. The number of aromatic nitrogens is 2. The molecule has 2 N–H and O–H groups in total. The van der Waals surface area contributed by atoms with Gasteiger partial charge in [0.05, 0.1) is 5.69 Å². The van der Waals surface area contributed by atoms with E-state index < -0.39 is 0 Å². The summed E-state index contributed by atoms with van der Waals surface area (Å²) in [7, 11) is 0. The van der Waals surface area contributed by atoms with Crippen LogP contribution in [-0.2, 0) is 5.41 Å². The Bertz CT molecular complexity index is 590. The Labute approximate surface area is 114 Å². The SMILES string of the molecule is Cc1nc(N)cc(-c2ccc(C(C)(C)C)cc2C)n1. The van der Waals surface area contributed by atoms with Crippen LogP contribution in [0.2, 0.25) is 0 Å². The first-order valence-corrected chi connectivity index (χ1v) is 6.50. The molecule has 0 amide bonds. The maximum Gasteiger partial charge on any atom is 0.128 e. The minimum absolute atomic E-state index is 0.157. The van der Waals surface area contributed by atoms with Gasteiger partial charge in [-0.1, -0.05) is 39.0 Å². The van der Waals surface area contributed by atoms with Gasteiger partial charge in [-0.25, -0.2) is 9.97 Å². The van der Waals surface area contributed by atoms with E-state index in [-0.39, 0.29) is 5.41 Å². The van der Waals surface area contributed by atoms with Gasteiger partial charge in [0.2, 0.25) is 0 Å². The van der Waals surface area contributed by atoms with E-state index >= 15 is 0 Å². The molecule has 0 spiro atoms. The molecule has 1 aromatic heterocycles. The van der Waals surface area contributed by atoms with Gasteiger partial charge in [-0.15, -0.1) is 0 Å². The van der Waals surface area contributed by atoms with Gasteiger partial charge in [0, 0.05) is 11.6 Å². The first-order valence-electron chi connectivity index (χ1n) is 6.50. The fraction of sp³-hybridized carbons (Fsp3) is 0.375. The van der Waals surface area contributed by atoms with E-state index in [1.165, 1.54) is 11.1 Å². The van der Waals surface area contributed by atoms with Crippen molar-refractivity contribution in [2.24, 2.45) is 0 Å². The van der Waals surface area contributed by atoms with Crippen LogP contribution in [0.1, 0.15) is 37.7 Å². The van der Waals surface area contributed by atoms with Crippen LogP contribution in [0, 0.1) is 13.8 Å². The summed E-state index contributed by atoms with van der Waals surface area (Å²) in [6.07, 6.45) is 0. The third-order valence-corrected chi connectivity index (χ3v) is 3.23. The summed E-state index contributed by atoms with van der Waals surface area (Å²) < 4.78 is 0. The lowest BCUT2D eigenvalue weighted by Crippen LogP contribution is -2.11. The van der Waals surface area contributed by atoms with Crippen molar-refractivity contribution in [1.29, 1.82) is 0 Å². The van der Waals surface area contributed by atoms with E-state index in [1.54, 1.807) is 0 Å². The highest BCUT2D eigenvalue weighted by molar-refractivity contribution is 5.66. The molecule has 0 radical (unpaired) electrons. The van der Waals surface area contributed by atoms with Crippen LogP contribution in [-0.4, -0.2) is 9.97 Å². The molecule has 0 fully saturated rings. The van der Waals surface area contributed by atoms with Gasteiger partial charge in [-0.2, -0.15) is 0 Å². The predicted molar refractivity (Wildman–Crippen MR) is 80.1 cm³/mol. The molecular formula is C16H21N3. The molecule has 1 aromatic carbocycles. The molecule has 3 nitrogen and oxygen atoms in total. The van der Waals surface area contributed by atoms with Crippen molar-refractivity contribution in [3.63, 3.8) is 0 Å². The third kappa shape index (κ3) is 2.92. The second kappa shape index (κ2) is 4.65. The van der Waals surface area contributed by atoms with E-state index in [4.69, 9.17) is 5.73 Å². The van der Waals surface area contributed by atoms with Crippen molar-refractivity contribution in [2.45, 2.75) is 40.0 Å². The fourth-order valence-corrected chi connectivity index (χ4v) is 2.15. The van der Waals surface area contributed by atoms with Gasteiger partial charge in [-0.05, 0) is 30.4 Å². The summed E-state index contributed by atoms with van der Waals surface area (Å²) >= 11 is 0. The number of nitrogens with two attached hydrogens (primary N) is 1. The number of nitrogens with zero attached hydrogens (tertiary/aromatic N) is 2. The van der Waals surface area contributed by atoms with Crippen LogP contribution in [0.3, 0.4) is 0 Å². The highest BCUT2D eigenvalue weighted by Gasteiger charge is 2.15. The Balaban J connectivity index is 2.52. The third-order valence-electron chi connectivity index (χ3n) is 3.23. The van der Waals surface area contributed by atoms with E-state index in [2.05, 4.69) is 55.9 Å². The molecule has 0 aliphatic carbocycles. The van der Waals surface area contributed by atoms with Crippen molar-refractivity contribution in [3.05, 3.63) is 41.2 Å². The van der Waals surface area contributed by atoms with E-state index in [0.29, 0.717) is 11.6 Å². The minimum Gasteiger partial charge on any atom is -0.384 e. The molecule has 0 aliphatic rings. The first-order chi connectivity index (χ1) is 8.77. The maximum absolute atomic E-state index is 5.79. The molecule has 0 atom stereocenters. The molecule has 2 aromatic rings. The summed E-state index contributed by atoms with van der Waals surface area (Å²) in [4.78, 5) is 8.58. The summed E-state index contributed by atoms with van der Waals surface area (Å²) in [5.74, 6) is 1.22. The number of hydrogen-bond acceptors (Lipinski definition) is 3. The van der Waals surface area contributed by atoms with Crippen molar-refractivity contribution >= 4 is 5.82 Å². The van der Waals surface area contributed by atoms with Gasteiger partial charge in [0.25, 0.3) is 0 Å². The molecule has 0 saturated carbocycles. The van der Waals surface area contributed by atoms with Crippen LogP contribution in [0.4, 0.5) is 5.82 Å². The Morgan fingerprint density at radius 2 is 1.68 bits per heavy atom. The second-order valence-electron chi connectivity index (χ2n) is 6.00. The lowest BCUT2D eigenvalue weighted by molar-refractivity contribution is 0.590. The van der Waals surface area contributed by atoms with Gasteiger partial charge in [0.15, 0.2) is 0 Å². The Morgan fingerprint density at radius 3 is 2.21 bits per heavy atom. The maximum atomic E-state index is 5.79. The lowest BCUT2D eigenvalue weighted by atomic mass is 9.85. The number of hydrogen-bond donors (Lipinski definition) is 1. The average molecular weight is 255 g/mol. The topological polar surface area (TPSA) is 51.8 Å². The van der Waals surface area contributed by atoms with E-state index in [1.807, 2.05) is 13.0 Å². The van der Waals surface area contributed by atoms with Gasteiger partial charge < -0.3 is 5.73 Å². The Hall–Kier alpha value is -1.90. The molecule has 0 bridgehead atoms. The number of anilines is 1. The quantitative estimate of drug-likeness (QED) is 0.846. The molecule has 1 heterocycles. The molecular weight excluding hydrogens is 234 g/mol. The van der Waals surface area contributed by atoms with Crippen LogP contribution < -0.4 is 5.73 Å². The van der Waals surface area contributed by atoms with Crippen molar-refractivity contribution < 1.29 is 0 Å². The largest absolute Gasteiger partial charge is 0.384 e. The fourth-order valence-electron chi connectivity index (χ4n) is 2.15. The first kappa shape index (κ1) is 13.5.